The van der Waals surface area contributed by atoms with Crippen molar-refractivity contribution in [2.45, 2.75) is 46.6 Å². The molecule has 9 nitrogen and oxygen atoms in total. The van der Waals surface area contributed by atoms with Crippen LogP contribution in [0.15, 0.2) is 21.5 Å². The predicted octanol–water partition coefficient (Wildman–Crippen LogP) is 3.33. The van der Waals surface area contributed by atoms with Crippen molar-refractivity contribution in [2.75, 3.05) is 38.3 Å². The maximum absolute atomic E-state index is 13.3. The average Bonchev–Trinajstić information content (AvgIpc) is 3.15. The Hall–Kier alpha value is -2.78. The second-order valence-electron chi connectivity index (χ2n) is 8.20. The van der Waals surface area contributed by atoms with Crippen molar-refractivity contribution in [1.82, 2.24) is 19.7 Å². The molecule has 0 radical (unpaired) electrons. The number of nitrogens with zero attached hydrogens (tertiary/aromatic N) is 4. The molecular formula is C23H31N5O4. The number of pyridine rings is 1. The highest BCUT2D eigenvalue weighted by atomic mass is 16.5. The van der Waals surface area contributed by atoms with Gasteiger partial charge in [-0.25, -0.2) is 9.97 Å². The summed E-state index contributed by atoms with van der Waals surface area (Å²) in [7, 11) is 0. The first-order valence-electron chi connectivity index (χ1n) is 11.3. The zero-order chi connectivity index (χ0) is 22.5. The van der Waals surface area contributed by atoms with Gasteiger partial charge >= 0.3 is 0 Å². The van der Waals surface area contributed by atoms with Crippen LogP contribution in [-0.2, 0) is 16.0 Å². The van der Waals surface area contributed by atoms with Crippen molar-refractivity contribution < 1.29 is 14.0 Å². The van der Waals surface area contributed by atoms with Crippen molar-refractivity contribution in [3.63, 3.8) is 0 Å². The van der Waals surface area contributed by atoms with E-state index < -0.39 is 0 Å². The summed E-state index contributed by atoms with van der Waals surface area (Å²) in [6, 6.07) is 3.79. The van der Waals surface area contributed by atoms with Gasteiger partial charge in [0.1, 0.15) is 11.3 Å². The van der Waals surface area contributed by atoms with Gasteiger partial charge in [-0.2, -0.15) is 0 Å². The molecule has 1 aliphatic rings. The molecule has 0 aliphatic carbocycles. The van der Waals surface area contributed by atoms with Gasteiger partial charge in [-0.05, 0) is 51.2 Å². The molecule has 1 fully saturated rings. The third kappa shape index (κ3) is 4.83. The van der Waals surface area contributed by atoms with Crippen LogP contribution in [0.25, 0.3) is 22.4 Å². The third-order valence-corrected chi connectivity index (χ3v) is 5.79. The van der Waals surface area contributed by atoms with Crippen molar-refractivity contribution in [3.8, 4) is 11.3 Å². The van der Waals surface area contributed by atoms with Crippen molar-refractivity contribution >= 4 is 17.0 Å². The fourth-order valence-electron chi connectivity index (χ4n) is 4.02. The van der Waals surface area contributed by atoms with Crippen molar-refractivity contribution in [2.24, 2.45) is 5.92 Å². The molecule has 9 heteroatoms. The van der Waals surface area contributed by atoms with Crippen LogP contribution in [0.1, 0.15) is 37.6 Å². The lowest BCUT2D eigenvalue weighted by atomic mass is 10.0. The Balaban J connectivity index is 1.70. The monoisotopic (exact) mass is 441 g/mol. The molecule has 1 saturated heterocycles. The molecular weight excluding hydrogens is 410 g/mol. The van der Waals surface area contributed by atoms with E-state index in [0.717, 1.165) is 43.7 Å². The summed E-state index contributed by atoms with van der Waals surface area (Å²) in [6.07, 6.45) is 2.91. The fraction of sp³-hybridized carbons (Fsp3) is 0.565. The summed E-state index contributed by atoms with van der Waals surface area (Å²) < 4.78 is 18.1. The minimum absolute atomic E-state index is 0.187. The third-order valence-electron chi connectivity index (χ3n) is 5.79. The van der Waals surface area contributed by atoms with E-state index in [2.05, 4.69) is 22.4 Å². The van der Waals surface area contributed by atoms with Crippen molar-refractivity contribution in [3.05, 3.63) is 33.9 Å². The number of ether oxygens (including phenoxy) is 2. The van der Waals surface area contributed by atoms with E-state index in [4.69, 9.17) is 19.0 Å². The molecule has 0 aromatic carbocycles. The van der Waals surface area contributed by atoms with Crippen LogP contribution >= 0.6 is 0 Å². The Morgan fingerprint density at radius 2 is 2.00 bits per heavy atom. The van der Waals surface area contributed by atoms with Gasteiger partial charge in [0.05, 0.1) is 30.1 Å². The smallest absolute Gasteiger partial charge is 0.295 e. The Morgan fingerprint density at radius 1 is 1.19 bits per heavy atom. The van der Waals surface area contributed by atoms with E-state index >= 15 is 0 Å². The minimum atomic E-state index is -0.187. The maximum atomic E-state index is 13.3. The molecule has 172 valence electrons. The number of aromatic nitrogens is 4. The van der Waals surface area contributed by atoms with Gasteiger partial charge in [-0.15, -0.1) is 0 Å². The van der Waals surface area contributed by atoms with Gasteiger partial charge in [0.2, 0.25) is 0 Å². The molecule has 0 saturated carbocycles. The standard InChI is InChI=1S/C23H31N5O4/c1-4-10-30-13-9-28-22-19(6-5-18(26-22)20-15(2)27-32-16(20)3)25-21(23(28)29)24-14-17-7-11-31-12-8-17/h5-6,17H,4,7-14H2,1-3H3,(H,24,25). The first-order valence-corrected chi connectivity index (χ1v) is 11.3. The number of anilines is 1. The van der Waals surface area contributed by atoms with Crippen LogP contribution < -0.4 is 10.9 Å². The van der Waals surface area contributed by atoms with Crippen LogP contribution in [0.4, 0.5) is 5.82 Å². The molecule has 0 amide bonds. The highest BCUT2D eigenvalue weighted by molar-refractivity contribution is 5.77. The van der Waals surface area contributed by atoms with E-state index in [1.165, 1.54) is 0 Å². The first kappa shape index (κ1) is 22.4. The Labute approximate surface area is 187 Å². The van der Waals surface area contributed by atoms with Gasteiger partial charge in [0, 0.05) is 26.4 Å². The fourth-order valence-corrected chi connectivity index (χ4v) is 4.02. The van der Waals surface area contributed by atoms with Crippen LogP contribution in [0.2, 0.25) is 0 Å². The lowest BCUT2D eigenvalue weighted by Crippen LogP contribution is -2.30. The van der Waals surface area contributed by atoms with E-state index in [-0.39, 0.29) is 5.56 Å². The Kier molecular flexibility index (Phi) is 7.16. The van der Waals surface area contributed by atoms with E-state index in [1.807, 2.05) is 26.0 Å². The topological polar surface area (TPSA) is 104 Å². The maximum Gasteiger partial charge on any atom is 0.295 e. The lowest BCUT2D eigenvalue weighted by molar-refractivity contribution is 0.0699. The summed E-state index contributed by atoms with van der Waals surface area (Å²) in [4.78, 5) is 22.7. The summed E-state index contributed by atoms with van der Waals surface area (Å²) >= 11 is 0. The number of fused-ring (bicyclic) bond motifs is 1. The lowest BCUT2D eigenvalue weighted by Gasteiger charge is -2.22. The molecule has 0 unspecified atom stereocenters. The molecule has 32 heavy (non-hydrogen) atoms. The molecule has 4 rings (SSSR count). The number of rotatable bonds is 9. The van der Waals surface area contributed by atoms with Gasteiger partial charge in [0.25, 0.3) is 5.56 Å². The molecule has 0 atom stereocenters. The number of hydrogen-bond acceptors (Lipinski definition) is 8. The molecule has 4 heterocycles. The highest BCUT2D eigenvalue weighted by Gasteiger charge is 2.19. The second-order valence-corrected chi connectivity index (χ2v) is 8.20. The number of nitrogens with one attached hydrogen (secondary N) is 1. The quantitative estimate of drug-likeness (QED) is 0.504. The Morgan fingerprint density at radius 3 is 2.72 bits per heavy atom. The normalized spacial score (nSPS) is 14.8. The average molecular weight is 442 g/mol. The number of hydrogen-bond donors (Lipinski definition) is 1. The molecule has 1 aliphatic heterocycles. The summed E-state index contributed by atoms with van der Waals surface area (Å²) in [6.45, 7) is 9.53. The zero-order valence-corrected chi connectivity index (χ0v) is 19.0. The van der Waals surface area contributed by atoms with E-state index in [1.54, 1.807) is 4.57 Å². The number of aryl methyl sites for hydroxylation is 2. The zero-order valence-electron chi connectivity index (χ0n) is 19.0. The van der Waals surface area contributed by atoms with Crippen LogP contribution in [-0.4, -0.2) is 52.7 Å². The largest absolute Gasteiger partial charge is 0.381 e. The second kappa shape index (κ2) is 10.2. The Bertz CT molecular complexity index is 1100. The van der Waals surface area contributed by atoms with E-state index in [9.17, 15) is 4.79 Å². The van der Waals surface area contributed by atoms with E-state index in [0.29, 0.717) is 60.7 Å². The first-order chi connectivity index (χ1) is 15.6. The summed E-state index contributed by atoms with van der Waals surface area (Å²) in [5.74, 6) is 1.52. The molecule has 3 aromatic heterocycles. The summed E-state index contributed by atoms with van der Waals surface area (Å²) in [5.41, 5.74) is 3.32. The molecule has 0 bridgehead atoms. The van der Waals surface area contributed by atoms with Crippen LogP contribution in [0.5, 0.6) is 0 Å². The molecule has 1 N–H and O–H groups in total. The minimum Gasteiger partial charge on any atom is -0.381 e. The van der Waals surface area contributed by atoms with Crippen molar-refractivity contribution in [1.29, 1.82) is 0 Å². The van der Waals surface area contributed by atoms with Crippen LogP contribution in [0.3, 0.4) is 0 Å². The molecule has 0 spiro atoms. The predicted molar refractivity (Wildman–Crippen MR) is 122 cm³/mol. The van der Waals surface area contributed by atoms with Gasteiger partial charge in [-0.3, -0.25) is 9.36 Å². The molecule has 3 aromatic rings. The van der Waals surface area contributed by atoms with Gasteiger partial charge in [0.15, 0.2) is 11.5 Å². The SMILES string of the molecule is CCCOCCn1c(=O)c(NCC2CCOCC2)nc2ccc(-c3c(C)noc3C)nc21. The van der Waals surface area contributed by atoms with Crippen LogP contribution in [0, 0.1) is 19.8 Å². The van der Waals surface area contributed by atoms with Gasteiger partial charge < -0.3 is 19.3 Å². The summed E-state index contributed by atoms with van der Waals surface area (Å²) in [5, 5.41) is 7.31. The highest BCUT2D eigenvalue weighted by Crippen LogP contribution is 2.26. The van der Waals surface area contributed by atoms with Gasteiger partial charge in [-0.1, -0.05) is 12.1 Å².